The molecule has 0 bridgehead atoms. The quantitative estimate of drug-likeness (QED) is 0.902. The van der Waals surface area contributed by atoms with Gasteiger partial charge in [0.05, 0.1) is 18.2 Å². The van der Waals surface area contributed by atoms with E-state index in [9.17, 15) is 18.3 Å². The second-order valence-electron chi connectivity index (χ2n) is 4.56. The van der Waals surface area contributed by atoms with Crippen LogP contribution in [0.2, 0.25) is 0 Å². The normalized spacial score (nSPS) is 19.1. The molecule has 1 fully saturated rings. The Kier molecular flexibility index (Phi) is 3.92. The first-order valence-corrected chi connectivity index (χ1v) is 6.04. The van der Waals surface area contributed by atoms with Gasteiger partial charge in [0.1, 0.15) is 0 Å². The molecule has 0 amide bonds. The lowest BCUT2D eigenvalue weighted by Crippen LogP contribution is -2.28. The van der Waals surface area contributed by atoms with Crippen molar-refractivity contribution in [3.63, 3.8) is 0 Å². The summed E-state index contributed by atoms with van der Waals surface area (Å²) in [6.45, 7) is 1.52. The van der Waals surface area contributed by atoms with E-state index in [1.54, 1.807) is 6.07 Å². The minimum absolute atomic E-state index is 0.151. The molecule has 5 heteroatoms. The van der Waals surface area contributed by atoms with Crippen LogP contribution >= 0.6 is 0 Å². The number of alkyl halides is 3. The summed E-state index contributed by atoms with van der Waals surface area (Å²) >= 11 is 0. The van der Waals surface area contributed by atoms with Crippen molar-refractivity contribution in [3.8, 4) is 0 Å². The Morgan fingerprint density at radius 1 is 1.22 bits per heavy atom. The minimum atomic E-state index is -4.33. The standard InChI is InChI=1S/C13H16F3NO/c14-13(15,16)11-5-3-4-10(8-11)12(9-18)17-6-1-2-7-17/h3-5,8,12,18H,1-2,6-7,9H2. The number of nitrogens with zero attached hydrogens (tertiary/aromatic N) is 1. The Labute approximate surface area is 104 Å². The fourth-order valence-corrected chi connectivity index (χ4v) is 2.41. The van der Waals surface area contributed by atoms with Crippen molar-refractivity contribution >= 4 is 0 Å². The molecule has 0 spiro atoms. The molecule has 1 aliphatic heterocycles. The van der Waals surface area contributed by atoms with Gasteiger partial charge in [0.25, 0.3) is 0 Å². The smallest absolute Gasteiger partial charge is 0.394 e. The van der Waals surface area contributed by atoms with Crippen LogP contribution in [-0.2, 0) is 6.18 Å². The molecule has 100 valence electrons. The van der Waals surface area contributed by atoms with Gasteiger partial charge in [-0.05, 0) is 43.6 Å². The highest BCUT2D eigenvalue weighted by Crippen LogP contribution is 2.32. The number of hydrogen-bond acceptors (Lipinski definition) is 2. The molecule has 1 unspecified atom stereocenters. The van der Waals surface area contributed by atoms with Crippen molar-refractivity contribution in [1.82, 2.24) is 4.90 Å². The number of aliphatic hydroxyl groups excluding tert-OH is 1. The van der Waals surface area contributed by atoms with Gasteiger partial charge in [-0.2, -0.15) is 13.2 Å². The van der Waals surface area contributed by atoms with E-state index in [1.165, 1.54) is 6.07 Å². The molecule has 1 aliphatic rings. The van der Waals surface area contributed by atoms with E-state index in [2.05, 4.69) is 0 Å². The maximum atomic E-state index is 12.6. The monoisotopic (exact) mass is 259 g/mol. The van der Waals surface area contributed by atoms with Gasteiger partial charge in [-0.15, -0.1) is 0 Å². The van der Waals surface area contributed by atoms with Crippen molar-refractivity contribution in [2.24, 2.45) is 0 Å². The minimum Gasteiger partial charge on any atom is -0.394 e. The molecule has 0 radical (unpaired) electrons. The third-order valence-corrected chi connectivity index (χ3v) is 3.35. The van der Waals surface area contributed by atoms with Crippen LogP contribution in [0.25, 0.3) is 0 Å². The second-order valence-corrected chi connectivity index (χ2v) is 4.56. The van der Waals surface area contributed by atoms with E-state index in [4.69, 9.17) is 0 Å². The molecule has 2 rings (SSSR count). The SMILES string of the molecule is OCC(c1cccc(C(F)(F)F)c1)N1CCCC1. The van der Waals surface area contributed by atoms with E-state index in [0.717, 1.165) is 38.1 Å². The predicted molar refractivity (Wildman–Crippen MR) is 62.1 cm³/mol. The lowest BCUT2D eigenvalue weighted by atomic mass is 10.0. The summed E-state index contributed by atoms with van der Waals surface area (Å²) in [5.74, 6) is 0. The Morgan fingerprint density at radius 3 is 2.44 bits per heavy atom. The first-order valence-electron chi connectivity index (χ1n) is 6.04. The molecule has 0 saturated carbocycles. The van der Waals surface area contributed by atoms with E-state index in [-0.39, 0.29) is 12.6 Å². The summed E-state index contributed by atoms with van der Waals surface area (Å²) in [6.07, 6.45) is -2.26. The van der Waals surface area contributed by atoms with Crippen molar-refractivity contribution in [3.05, 3.63) is 35.4 Å². The van der Waals surface area contributed by atoms with Gasteiger partial charge in [-0.25, -0.2) is 0 Å². The molecule has 0 aliphatic carbocycles. The molecule has 1 heterocycles. The lowest BCUT2D eigenvalue weighted by Gasteiger charge is -2.26. The maximum Gasteiger partial charge on any atom is 0.416 e. The fraction of sp³-hybridized carbons (Fsp3) is 0.538. The van der Waals surface area contributed by atoms with Gasteiger partial charge in [0, 0.05) is 0 Å². The number of rotatable bonds is 3. The highest BCUT2D eigenvalue weighted by Gasteiger charge is 2.31. The highest BCUT2D eigenvalue weighted by atomic mass is 19.4. The van der Waals surface area contributed by atoms with Crippen LogP contribution in [0.5, 0.6) is 0 Å². The molecule has 18 heavy (non-hydrogen) atoms. The van der Waals surface area contributed by atoms with Crippen molar-refractivity contribution in [1.29, 1.82) is 0 Å². The molecular formula is C13H16F3NO. The second kappa shape index (κ2) is 5.28. The van der Waals surface area contributed by atoms with Crippen LogP contribution in [-0.4, -0.2) is 29.7 Å². The maximum absolute atomic E-state index is 12.6. The van der Waals surface area contributed by atoms with E-state index >= 15 is 0 Å². The molecular weight excluding hydrogens is 243 g/mol. The third kappa shape index (κ3) is 2.84. The Balaban J connectivity index is 2.25. The largest absolute Gasteiger partial charge is 0.416 e. The molecule has 1 aromatic rings. The Hall–Kier alpha value is -1.07. The Morgan fingerprint density at radius 2 is 1.89 bits per heavy atom. The summed E-state index contributed by atoms with van der Waals surface area (Å²) in [6, 6.07) is 4.92. The lowest BCUT2D eigenvalue weighted by molar-refractivity contribution is -0.137. The van der Waals surface area contributed by atoms with Crippen molar-refractivity contribution < 1.29 is 18.3 Å². The van der Waals surface area contributed by atoms with Gasteiger partial charge < -0.3 is 5.11 Å². The zero-order chi connectivity index (χ0) is 13.2. The molecule has 0 aromatic heterocycles. The average Bonchev–Trinajstić information content (AvgIpc) is 2.83. The topological polar surface area (TPSA) is 23.5 Å². The summed E-state index contributed by atoms with van der Waals surface area (Å²) in [5.41, 5.74) is -0.119. The summed E-state index contributed by atoms with van der Waals surface area (Å²) < 4.78 is 37.9. The summed E-state index contributed by atoms with van der Waals surface area (Å²) in [5, 5.41) is 9.41. The van der Waals surface area contributed by atoms with E-state index in [1.807, 2.05) is 4.90 Å². The summed E-state index contributed by atoms with van der Waals surface area (Å²) in [7, 11) is 0. The van der Waals surface area contributed by atoms with Crippen LogP contribution < -0.4 is 0 Å². The average molecular weight is 259 g/mol. The van der Waals surface area contributed by atoms with Crippen LogP contribution in [0.1, 0.15) is 30.0 Å². The Bertz CT molecular complexity index is 399. The zero-order valence-corrected chi connectivity index (χ0v) is 9.95. The fourth-order valence-electron chi connectivity index (χ4n) is 2.41. The number of halogens is 3. The zero-order valence-electron chi connectivity index (χ0n) is 9.95. The number of likely N-dealkylation sites (tertiary alicyclic amines) is 1. The van der Waals surface area contributed by atoms with Crippen LogP contribution in [0.4, 0.5) is 13.2 Å². The summed E-state index contributed by atoms with van der Waals surface area (Å²) in [4.78, 5) is 2.04. The van der Waals surface area contributed by atoms with Crippen LogP contribution in [0.3, 0.4) is 0 Å². The molecule has 1 aromatic carbocycles. The van der Waals surface area contributed by atoms with Gasteiger partial charge in [-0.3, -0.25) is 4.90 Å². The first-order chi connectivity index (χ1) is 8.52. The third-order valence-electron chi connectivity index (χ3n) is 3.35. The van der Waals surface area contributed by atoms with Gasteiger partial charge in [-0.1, -0.05) is 12.1 Å². The molecule has 1 saturated heterocycles. The van der Waals surface area contributed by atoms with Gasteiger partial charge in [0.15, 0.2) is 0 Å². The number of hydrogen-bond donors (Lipinski definition) is 1. The van der Waals surface area contributed by atoms with Gasteiger partial charge >= 0.3 is 6.18 Å². The number of benzene rings is 1. The number of aliphatic hydroxyl groups is 1. The van der Waals surface area contributed by atoms with Crippen molar-refractivity contribution in [2.45, 2.75) is 25.1 Å². The van der Waals surface area contributed by atoms with E-state index in [0.29, 0.717) is 5.56 Å². The van der Waals surface area contributed by atoms with E-state index < -0.39 is 11.7 Å². The van der Waals surface area contributed by atoms with Gasteiger partial charge in [0.2, 0.25) is 0 Å². The molecule has 1 atom stereocenters. The molecule has 1 N–H and O–H groups in total. The first kappa shape index (κ1) is 13.4. The van der Waals surface area contributed by atoms with Crippen LogP contribution in [0, 0.1) is 0 Å². The predicted octanol–water partition coefficient (Wildman–Crippen LogP) is 2.83. The van der Waals surface area contributed by atoms with Crippen LogP contribution in [0.15, 0.2) is 24.3 Å². The molecule has 2 nitrogen and oxygen atoms in total. The highest BCUT2D eigenvalue weighted by molar-refractivity contribution is 5.28. The van der Waals surface area contributed by atoms with Crippen molar-refractivity contribution in [2.75, 3.05) is 19.7 Å².